The van der Waals surface area contributed by atoms with Crippen LogP contribution in [0, 0.1) is 11.8 Å². The van der Waals surface area contributed by atoms with Gasteiger partial charge in [0, 0.05) is 38.3 Å². The predicted octanol–water partition coefficient (Wildman–Crippen LogP) is 1.05. The second-order valence-corrected chi connectivity index (χ2v) is 6.12. The third-order valence-corrected chi connectivity index (χ3v) is 4.46. The number of fused-ring (bicyclic) bond motifs is 1. The first-order valence-corrected chi connectivity index (χ1v) is 7.48. The van der Waals surface area contributed by atoms with E-state index in [1.54, 1.807) is 0 Å². The Hall–Kier alpha value is -1.10. The lowest BCUT2D eigenvalue weighted by Crippen LogP contribution is -2.26. The molecule has 2 heterocycles. The molecule has 2 saturated heterocycles. The molecule has 0 amide bonds. The van der Waals surface area contributed by atoms with Gasteiger partial charge in [-0.3, -0.25) is 4.90 Å². The number of para-hydroxylation sites is 1. The van der Waals surface area contributed by atoms with Crippen molar-refractivity contribution in [3.05, 3.63) is 29.8 Å². The van der Waals surface area contributed by atoms with Gasteiger partial charge in [0.2, 0.25) is 0 Å². The summed E-state index contributed by atoms with van der Waals surface area (Å²) in [5, 5.41) is 8.90. The summed E-state index contributed by atoms with van der Waals surface area (Å²) in [5.41, 5.74) is 1.23. The zero-order valence-corrected chi connectivity index (χ0v) is 12.2. The van der Waals surface area contributed by atoms with Gasteiger partial charge in [0.05, 0.1) is 6.61 Å². The molecule has 0 saturated carbocycles. The Morgan fingerprint density at radius 1 is 1.15 bits per heavy atom. The normalized spacial score (nSPS) is 26.9. The number of benzene rings is 1. The molecule has 0 aliphatic carbocycles. The largest absolute Gasteiger partial charge is 0.491 e. The Morgan fingerprint density at radius 3 is 2.55 bits per heavy atom. The van der Waals surface area contributed by atoms with Gasteiger partial charge in [0.25, 0.3) is 0 Å². The molecule has 4 heteroatoms. The van der Waals surface area contributed by atoms with Crippen LogP contribution in [0.4, 0.5) is 0 Å². The summed E-state index contributed by atoms with van der Waals surface area (Å²) in [6.07, 6.45) is 0. The van der Waals surface area contributed by atoms with Crippen molar-refractivity contribution < 1.29 is 9.84 Å². The van der Waals surface area contributed by atoms with E-state index in [9.17, 15) is 0 Å². The van der Waals surface area contributed by atoms with E-state index in [2.05, 4.69) is 29.0 Å². The van der Waals surface area contributed by atoms with Gasteiger partial charge in [-0.25, -0.2) is 0 Å². The van der Waals surface area contributed by atoms with Crippen molar-refractivity contribution in [3.63, 3.8) is 0 Å². The summed E-state index contributed by atoms with van der Waals surface area (Å²) in [4.78, 5) is 4.99. The second-order valence-electron chi connectivity index (χ2n) is 6.12. The van der Waals surface area contributed by atoms with Gasteiger partial charge < -0.3 is 14.7 Å². The van der Waals surface area contributed by atoms with Gasteiger partial charge in [-0.2, -0.15) is 0 Å². The predicted molar refractivity (Wildman–Crippen MR) is 78.8 cm³/mol. The number of hydrogen-bond donors (Lipinski definition) is 1. The highest BCUT2D eigenvalue weighted by atomic mass is 16.5. The SMILES string of the molecule is CN1C[C@@H]2CN(Cc3ccccc3OCCO)C[C@@H]2C1. The van der Waals surface area contributed by atoms with Crippen LogP contribution in [-0.4, -0.2) is 61.3 Å². The number of likely N-dealkylation sites (tertiary alicyclic amines) is 2. The van der Waals surface area contributed by atoms with Crippen molar-refractivity contribution in [3.8, 4) is 5.75 Å². The van der Waals surface area contributed by atoms with Gasteiger partial charge >= 0.3 is 0 Å². The Bertz CT molecular complexity index is 438. The van der Waals surface area contributed by atoms with Gasteiger partial charge in [-0.15, -0.1) is 0 Å². The Labute approximate surface area is 120 Å². The standard InChI is InChI=1S/C16H24N2O2/c1-17-8-14-11-18(12-15(14)9-17)10-13-4-2-3-5-16(13)20-7-6-19/h2-5,14-15,19H,6-12H2,1H3/t14-,15+. The molecule has 110 valence electrons. The van der Waals surface area contributed by atoms with Gasteiger partial charge in [-0.1, -0.05) is 18.2 Å². The fraction of sp³-hybridized carbons (Fsp3) is 0.625. The fourth-order valence-corrected chi connectivity index (χ4v) is 3.63. The molecule has 0 aromatic heterocycles. The van der Waals surface area contributed by atoms with Crippen LogP contribution in [0.3, 0.4) is 0 Å². The van der Waals surface area contributed by atoms with Crippen LogP contribution in [0.5, 0.6) is 5.75 Å². The summed E-state index contributed by atoms with van der Waals surface area (Å²) in [5.74, 6) is 2.59. The van der Waals surface area contributed by atoms with E-state index in [-0.39, 0.29) is 6.61 Å². The van der Waals surface area contributed by atoms with E-state index in [0.717, 1.165) is 24.1 Å². The molecular formula is C16H24N2O2. The lowest BCUT2D eigenvalue weighted by Gasteiger charge is -2.20. The van der Waals surface area contributed by atoms with Crippen LogP contribution in [-0.2, 0) is 6.54 Å². The summed E-state index contributed by atoms with van der Waals surface area (Å²) in [6, 6.07) is 8.18. The van der Waals surface area contributed by atoms with Gasteiger partial charge in [0.1, 0.15) is 12.4 Å². The van der Waals surface area contributed by atoms with Crippen LogP contribution in [0.15, 0.2) is 24.3 Å². The smallest absolute Gasteiger partial charge is 0.123 e. The van der Waals surface area contributed by atoms with E-state index >= 15 is 0 Å². The minimum absolute atomic E-state index is 0.0640. The van der Waals surface area contributed by atoms with Crippen molar-refractivity contribution >= 4 is 0 Å². The zero-order valence-electron chi connectivity index (χ0n) is 12.2. The second kappa shape index (κ2) is 6.12. The number of ether oxygens (including phenoxy) is 1. The van der Waals surface area contributed by atoms with Crippen LogP contribution in [0.25, 0.3) is 0 Å². The number of rotatable bonds is 5. The quantitative estimate of drug-likeness (QED) is 0.872. The number of nitrogens with zero attached hydrogens (tertiary/aromatic N) is 2. The minimum atomic E-state index is 0.0640. The highest BCUT2D eigenvalue weighted by Gasteiger charge is 2.38. The van der Waals surface area contributed by atoms with Crippen LogP contribution < -0.4 is 4.74 Å². The molecule has 0 spiro atoms. The van der Waals surface area contributed by atoms with E-state index in [1.807, 2.05) is 12.1 Å². The third-order valence-electron chi connectivity index (χ3n) is 4.46. The van der Waals surface area contributed by atoms with Crippen LogP contribution >= 0.6 is 0 Å². The maximum absolute atomic E-state index is 8.90. The molecular weight excluding hydrogens is 252 g/mol. The molecule has 2 fully saturated rings. The first kappa shape index (κ1) is 13.9. The third kappa shape index (κ3) is 2.97. The number of aliphatic hydroxyl groups is 1. The van der Waals surface area contributed by atoms with Crippen molar-refractivity contribution in [2.45, 2.75) is 6.54 Å². The molecule has 2 aliphatic heterocycles. The minimum Gasteiger partial charge on any atom is -0.491 e. The highest BCUT2D eigenvalue weighted by molar-refractivity contribution is 5.33. The lowest BCUT2D eigenvalue weighted by atomic mass is 10.0. The molecule has 1 aromatic rings. The topological polar surface area (TPSA) is 35.9 Å². The van der Waals surface area contributed by atoms with E-state index in [0.29, 0.717) is 6.61 Å². The van der Waals surface area contributed by atoms with Gasteiger partial charge in [0.15, 0.2) is 0 Å². The van der Waals surface area contributed by atoms with E-state index < -0.39 is 0 Å². The van der Waals surface area contributed by atoms with Crippen molar-refractivity contribution in [1.82, 2.24) is 9.80 Å². The van der Waals surface area contributed by atoms with Crippen molar-refractivity contribution in [2.75, 3.05) is 46.4 Å². The van der Waals surface area contributed by atoms with Crippen LogP contribution in [0.2, 0.25) is 0 Å². The number of aliphatic hydroxyl groups excluding tert-OH is 1. The molecule has 20 heavy (non-hydrogen) atoms. The Morgan fingerprint density at radius 2 is 1.85 bits per heavy atom. The molecule has 2 atom stereocenters. The fourth-order valence-electron chi connectivity index (χ4n) is 3.63. The Kier molecular flexibility index (Phi) is 4.24. The first-order valence-electron chi connectivity index (χ1n) is 7.48. The average molecular weight is 276 g/mol. The summed E-state index contributed by atoms with van der Waals surface area (Å²) in [7, 11) is 2.22. The molecule has 0 bridgehead atoms. The molecule has 3 rings (SSSR count). The summed E-state index contributed by atoms with van der Waals surface area (Å²) in [6.45, 7) is 6.26. The molecule has 0 unspecified atom stereocenters. The first-order chi connectivity index (χ1) is 9.76. The molecule has 1 aromatic carbocycles. The van der Waals surface area contributed by atoms with Gasteiger partial charge in [-0.05, 0) is 24.9 Å². The molecule has 1 N–H and O–H groups in total. The maximum atomic E-state index is 8.90. The molecule has 4 nitrogen and oxygen atoms in total. The summed E-state index contributed by atoms with van der Waals surface area (Å²) < 4.78 is 5.62. The Balaban J connectivity index is 1.61. The lowest BCUT2D eigenvalue weighted by molar-refractivity contribution is 0.197. The monoisotopic (exact) mass is 276 g/mol. The average Bonchev–Trinajstić information content (AvgIpc) is 2.94. The highest BCUT2D eigenvalue weighted by Crippen LogP contribution is 2.32. The van der Waals surface area contributed by atoms with Crippen molar-refractivity contribution in [2.24, 2.45) is 11.8 Å². The molecule has 2 aliphatic rings. The molecule has 0 radical (unpaired) electrons. The van der Waals surface area contributed by atoms with E-state index in [4.69, 9.17) is 9.84 Å². The van der Waals surface area contributed by atoms with E-state index in [1.165, 1.54) is 31.7 Å². The summed E-state index contributed by atoms with van der Waals surface area (Å²) >= 11 is 0. The van der Waals surface area contributed by atoms with Crippen LogP contribution in [0.1, 0.15) is 5.56 Å². The van der Waals surface area contributed by atoms with Crippen molar-refractivity contribution in [1.29, 1.82) is 0 Å². The zero-order chi connectivity index (χ0) is 13.9. The maximum Gasteiger partial charge on any atom is 0.123 e. The number of hydrogen-bond acceptors (Lipinski definition) is 4.